The number of benzene rings is 1. The van der Waals surface area contributed by atoms with Gasteiger partial charge in [-0.05, 0) is 30.2 Å². The number of methoxy groups -OCH3 is 1. The molecule has 0 aliphatic carbocycles. The maximum atomic E-state index is 12.5. The summed E-state index contributed by atoms with van der Waals surface area (Å²) >= 11 is 0. The first-order valence-corrected chi connectivity index (χ1v) is 7.25. The zero-order valence-electron chi connectivity index (χ0n) is 14.5. The van der Waals surface area contributed by atoms with Gasteiger partial charge in [-0.3, -0.25) is 9.59 Å². The highest BCUT2D eigenvalue weighted by Crippen LogP contribution is 2.28. The number of primary amides is 1. The Hall–Kier alpha value is -1.99. The summed E-state index contributed by atoms with van der Waals surface area (Å²) in [5, 5.41) is 0. The molecular formula is C16H26ClN3O4. The van der Waals surface area contributed by atoms with Gasteiger partial charge in [-0.1, -0.05) is 13.8 Å². The number of hydrogen-bond acceptors (Lipinski definition) is 5. The molecule has 0 aromatic heterocycles. The van der Waals surface area contributed by atoms with Crippen LogP contribution in [0.2, 0.25) is 0 Å². The Morgan fingerprint density at radius 2 is 1.88 bits per heavy atom. The van der Waals surface area contributed by atoms with Crippen molar-refractivity contribution in [2.75, 3.05) is 33.9 Å². The Balaban J connectivity index is 0.00000529. The minimum absolute atomic E-state index is 0. The minimum Gasteiger partial charge on any atom is -0.493 e. The topological polar surface area (TPSA) is 108 Å². The summed E-state index contributed by atoms with van der Waals surface area (Å²) in [4.78, 5) is 24.9. The Morgan fingerprint density at radius 1 is 1.25 bits per heavy atom. The van der Waals surface area contributed by atoms with Gasteiger partial charge in [0, 0.05) is 19.2 Å². The molecular weight excluding hydrogens is 334 g/mol. The molecule has 0 spiro atoms. The third kappa shape index (κ3) is 6.25. The van der Waals surface area contributed by atoms with Crippen LogP contribution in [0, 0.1) is 5.41 Å². The number of nitrogens with zero attached hydrogens (tertiary/aromatic N) is 1. The van der Waals surface area contributed by atoms with Crippen molar-refractivity contribution in [3.8, 4) is 11.5 Å². The Morgan fingerprint density at radius 3 is 2.38 bits per heavy atom. The fraction of sp³-hybridized carbons (Fsp3) is 0.500. The van der Waals surface area contributed by atoms with Crippen molar-refractivity contribution in [3.63, 3.8) is 0 Å². The van der Waals surface area contributed by atoms with Gasteiger partial charge in [0.25, 0.3) is 11.8 Å². The van der Waals surface area contributed by atoms with Gasteiger partial charge in [0.05, 0.1) is 7.11 Å². The van der Waals surface area contributed by atoms with Gasteiger partial charge in [0.2, 0.25) is 0 Å². The summed E-state index contributed by atoms with van der Waals surface area (Å²) < 4.78 is 10.4. The first-order chi connectivity index (χ1) is 10.7. The molecule has 0 unspecified atom stereocenters. The molecule has 24 heavy (non-hydrogen) atoms. The molecule has 0 atom stereocenters. The van der Waals surface area contributed by atoms with E-state index in [9.17, 15) is 9.59 Å². The molecule has 1 rings (SSSR count). The van der Waals surface area contributed by atoms with Gasteiger partial charge in [0.15, 0.2) is 18.1 Å². The normalized spacial score (nSPS) is 10.5. The van der Waals surface area contributed by atoms with E-state index in [1.165, 1.54) is 7.11 Å². The van der Waals surface area contributed by atoms with Crippen LogP contribution in [0.5, 0.6) is 11.5 Å². The predicted molar refractivity (Wildman–Crippen MR) is 94.7 cm³/mol. The van der Waals surface area contributed by atoms with E-state index in [4.69, 9.17) is 20.9 Å². The quantitative estimate of drug-likeness (QED) is 0.721. The minimum atomic E-state index is -0.587. The molecule has 2 amide bonds. The second-order valence-corrected chi connectivity index (χ2v) is 6.15. The van der Waals surface area contributed by atoms with Crippen LogP contribution >= 0.6 is 12.4 Å². The summed E-state index contributed by atoms with van der Waals surface area (Å²) in [5.41, 5.74) is 11.0. The van der Waals surface area contributed by atoms with E-state index < -0.39 is 5.91 Å². The lowest BCUT2D eigenvalue weighted by Gasteiger charge is -2.29. The average molecular weight is 360 g/mol. The van der Waals surface area contributed by atoms with E-state index in [1.54, 1.807) is 30.1 Å². The van der Waals surface area contributed by atoms with Crippen LogP contribution in [-0.4, -0.2) is 50.6 Å². The summed E-state index contributed by atoms with van der Waals surface area (Å²) in [7, 11) is 3.19. The molecule has 0 aliphatic rings. The van der Waals surface area contributed by atoms with E-state index >= 15 is 0 Å². The third-order valence-electron chi connectivity index (χ3n) is 3.34. The Labute approximate surface area is 148 Å². The highest BCUT2D eigenvalue weighted by Gasteiger charge is 2.22. The first kappa shape index (κ1) is 22.0. The SMILES string of the molecule is COc1cc(C(=O)N(C)CC(C)(C)CN)ccc1OCC(N)=O.Cl. The Kier molecular flexibility index (Phi) is 8.57. The van der Waals surface area contributed by atoms with E-state index in [2.05, 4.69) is 0 Å². The molecule has 1 aromatic rings. The summed E-state index contributed by atoms with van der Waals surface area (Å²) in [6, 6.07) is 4.77. The molecule has 0 fully saturated rings. The number of carbonyl (C=O) groups is 2. The van der Waals surface area contributed by atoms with Crippen molar-refractivity contribution in [3.05, 3.63) is 23.8 Å². The zero-order valence-corrected chi connectivity index (χ0v) is 15.3. The van der Waals surface area contributed by atoms with Crippen molar-refractivity contribution in [1.82, 2.24) is 4.90 Å². The molecule has 7 nitrogen and oxygen atoms in total. The smallest absolute Gasteiger partial charge is 0.255 e. The number of carbonyl (C=O) groups excluding carboxylic acids is 2. The molecule has 8 heteroatoms. The van der Waals surface area contributed by atoms with Crippen molar-refractivity contribution in [1.29, 1.82) is 0 Å². The lowest BCUT2D eigenvalue weighted by molar-refractivity contribution is -0.119. The zero-order chi connectivity index (χ0) is 17.6. The molecule has 1 aromatic carbocycles. The van der Waals surface area contributed by atoms with Gasteiger partial charge in [-0.2, -0.15) is 0 Å². The molecule has 0 radical (unpaired) electrons. The fourth-order valence-corrected chi connectivity index (χ4v) is 2.07. The molecule has 0 bridgehead atoms. The van der Waals surface area contributed by atoms with Gasteiger partial charge in [-0.25, -0.2) is 0 Å². The molecule has 0 saturated heterocycles. The molecule has 0 saturated carbocycles. The lowest BCUT2D eigenvalue weighted by Crippen LogP contribution is -2.39. The molecule has 0 aliphatic heterocycles. The number of ether oxygens (including phenoxy) is 2. The standard InChI is InChI=1S/C16H25N3O4.ClH/c1-16(2,9-17)10-19(3)15(21)11-5-6-12(13(7-11)22-4)23-8-14(18)20;/h5-7H,8-10,17H2,1-4H3,(H2,18,20);1H. The molecule has 136 valence electrons. The van der Waals surface area contributed by atoms with Crippen molar-refractivity contribution < 1.29 is 19.1 Å². The van der Waals surface area contributed by atoms with Crippen LogP contribution in [0.25, 0.3) is 0 Å². The van der Waals surface area contributed by atoms with Crippen molar-refractivity contribution in [2.24, 2.45) is 16.9 Å². The number of rotatable bonds is 8. The first-order valence-electron chi connectivity index (χ1n) is 7.25. The lowest BCUT2D eigenvalue weighted by atomic mass is 9.93. The van der Waals surface area contributed by atoms with E-state index in [1.807, 2.05) is 13.8 Å². The molecule has 0 heterocycles. The summed E-state index contributed by atoms with van der Waals surface area (Å²) in [6.45, 7) is 4.75. The average Bonchev–Trinajstić information content (AvgIpc) is 2.51. The van der Waals surface area contributed by atoms with Crippen molar-refractivity contribution in [2.45, 2.75) is 13.8 Å². The second kappa shape index (κ2) is 9.34. The maximum absolute atomic E-state index is 12.5. The van der Waals surface area contributed by atoms with Crippen LogP contribution in [0.3, 0.4) is 0 Å². The largest absolute Gasteiger partial charge is 0.493 e. The summed E-state index contributed by atoms with van der Waals surface area (Å²) in [5.74, 6) is -0.0152. The number of amides is 2. The monoisotopic (exact) mass is 359 g/mol. The number of nitrogens with two attached hydrogens (primary N) is 2. The third-order valence-corrected chi connectivity index (χ3v) is 3.34. The highest BCUT2D eigenvalue weighted by molar-refractivity contribution is 5.94. The molecule has 4 N–H and O–H groups in total. The van der Waals surface area contributed by atoms with Crippen LogP contribution < -0.4 is 20.9 Å². The number of hydrogen-bond donors (Lipinski definition) is 2. The van der Waals surface area contributed by atoms with Crippen LogP contribution in [-0.2, 0) is 4.79 Å². The van der Waals surface area contributed by atoms with Crippen LogP contribution in [0.1, 0.15) is 24.2 Å². The highest BCUT2D eigenvalue weighted by atomic mass is 35.5. The van der Waals surface area contributed by atoms with Gasteiger partial charge >= 0.3 is 0 Å². The summed E-state index contributed by atoms with van der Waals surface area (Å²) in [6.07, 6.45) is 0. The van der Waals surface area contributed by atoms with Gasteiger partial charge < -0.3 is 25.8 Å². The van der Waals surface area contributed by atoms with Gasteiger partial charge in [0.1, 0.15) is 0 Å². The number of halogens is 1. The second-order valence-electron chi connectivity index (χ2n) is 6.15. The van der Waals surface area contributed by atoms with E-state index in [0.717, 1.165) is 0 Å². The maximum Gasteiger partial charge on any atom is 0.255 e. The van der Waals surface area contributed by atoms with E-state index in [-0.39, 0.29) is 30.3 Å². The predicted octanol–water partition coefficient (Wildman–Crippen LogP) is 1.04. The fourth-order valence-electron chi connectivity index (χ4n) is 2.07. The Bertz CT molecular complexity index is 578. The van der Waals surface area contributed by atoms with E-state index in [0.29, 0.717) is 30.2 Å². The van der Waals surface area contributed by atoms with Gasteiger partial charge in [-0.15, -0.1) is 12.4 Å². The van der Waals surface area contributed by atoms with Crippen molar-refractivity contribution >= 4 is 24.2 Å². The van der Waals surface area contributed by atoms with Crippen LogP contribution in [0.15, 0.2) is 18.2 Å². The van der Waals surface area contributed by atoms with Crippen LogP contribution in [0.4, 0.5) is 0 Å².